The average molecular weight is 465 g/mol. The average Bonchev–Trinajstić information content (AvgIpc) is 3.23. The van der Waals surface area contributed by atoms with Crippen LogP contribution < -0.4 is 4.74 Å². The first-order valence-electron chi connectivity index (χ1n) is 12.3. The minimum absolute atomic E-state index is 0.616. The van der Waals surface area contributed by atoms with Crippen molar-refractivity contribution in [2.45, 2.75) is 13.5 Å². The van der Waals surface area contributed by atoms with Crippen LogP contribution in [0.2, 0.25) is 0 Å². The Morgan fingerprint density at radius 3 is 2.29 bits per heavy atom. The molecule has 7 heteroatoms. The maximum absolute atomic E-state index is 6.38. The minimum Gasteiger partial charge on any atom is -0.491 e. The van der Waals surface area contributed by atoms with Gasteiger partial charge in [-0.05, 0) is 60.7 Å². The van der Waals surface area contributed by atoms with Gasteiger partial charge in [-0.2, -0.15) is 0 Å². The summed E-state index contributed by atoms with van der Waals surface area (Å²) in [7, 11) is 2.12. The summed E-state index contributed by atoms with van der Waals surface area (Å²) < 4.78 is 8.61. The van der Waals surface area contributed by atoms with Crippen LogP contribution in [-0.2, 0) is 13.6 Å². The van der Waals surface area contributed by atoms with Crippen molar-refractivity contribution < 1.29 is 4.74 Å². The summed E-state index contributed by atoms with van der Waals surface area (Å²) in [6, 6.07) is 22.5. The Kier molecular flexibility index (Phi) is 4.67. The second-order valence-electron chi connectivity index (χ2n) is 10.0. The number of likely N-dealkylation sites (tertiary alicyclic amines) is 1. The fourth-order valence-corrected chi connectivity index (χ4v) is 5.71. The molecule has 0 amide bonds. The summed E-state index contributed by atoms with van der Waals surface area (Å²) in [5.41, 5.74) is 6.11. The Morgan fingerprint density at radius 1 is 0.886 bits per heavy atom. The van der Waals surface area contributed by atoms with E-state index in [1.165, 1.54) is 5.52 Å². The number of rotatable bonds is 6. The monoisotopic (exact) mass is 464 g/mol. The molecule has 7 nitrogen and oxygen atoms in total. The van der Waals surface area contributed by atoms with Gasteiger partial charge in [0.1, 0.15) is 28.3 Å². The Balaban J connectivity index is 1.01. The molecule has 0 N–H and O–H groups in total. The number of piperidine rings is 1. The maximum Gasteiger partial charge on any atom is 0.146 e. The molecule has 2 fully saturated rings. The second kappa shape index (κ2) is 7.92. The molecule has 3 heterocycles. The molecule has 1 aliphatic heterocycles. The summed E-state index contributed by atoms with van der Waals surface area (Å²) in [6.07, 6.45) is 0. The lowest BCUT2D eigenvalue weighted by molar-refractivity contribution is 0.226. The van der Waals surface area contributed by atoms with Gasteiger partial charge in [0.05, 0.1) is 24.2 Å². The van der Waals surface area contributed by atoms with Gasteiger partial charge >= 0.3 is 0 Å². The Bertz CT molecular complexity index is 1510. The molecule has 3 aromatic carbocycles. The van der Waals surface area contributed by atoms with Gasteiger partial charge in [-0.1, -0.05) is 30.3 Å². The Labute approximate surface area is 203 Å². The van der Waals surface area contributed by atoms with Crippen molar-refractivity contribution in [1.82, 2.24) is 29.4 Å². The zero-order chi connectivity index (χ0) is 23.5. The third kappa shape index (κ3) is 3.58. The summed E-state index contributed by atoms with van der Waals surface area (Å²) in [4.78, 5) is 9.11. The van der Waals surface area contributed by atoms with Crippen molar-refractivity contribution in [2.24, 2.45) is 24.8 Å². The molecule has 0 radical (unpaired) electrons. The number of aryl methyl sites for hydroxylation is 2. The minimum atomic E-state index is 0.616. The van der Waals surface area contributed by atoms with Gasteiger partial charge in [0.25, 0.3) is 0 Å². The quantitative estimate of drug-likeness (QED) is 0.373. The molecular formula is C28H28N6O. The smallest absolute Gasteiger partial charge is 0.146 e. The number of benzene rings is 3. The van der Waals surface area contributed by atoms with Crippen molar-refractivity contribution >= 4 is 22.1 Å². The molecule has 2 unspecified atom stereocenters. The van der Waals surface area contributed by atoms with Gasteiger partial charge < -0.3 is 9.30 Å². The highest BCUT2D eigenvalue weighted by Gasteiger charge is 2.55. The van der Waals surface area contributed by atoms with Crippen LogP contribution in [0.5, 0.6) is 5.75 Å². The lowest BCUT2D eigenvalue weighted by Crippen LogP contribution is -2.26. The third-order valence-electron chi connectivity index (χ3n) is 7.74. The number of hydrogen-bond donors (Lipinski definition) is 0. The van der Waals surface area contributed by atoms with Gasteiger partial charge in [0, 0.05) is 26.1 Å². The number of nitrogens with zero attached hydrogens (tertiary/aromatic N) is 6. The summed E-state index contributed by atoms with van der Waals surface area (Å²) in [5, 5.41) is 9.34. The molecule has 1 saturated carbocycles. The molecule has 1 saturated heterocycles. The Hall–Kier alpha value is -3.71. The molecule has 1 aliphatic carbocycles. The van der Waals surface area contributed by atoms with E-state index in [9.17, 15) is 0 Å². The van der Waals surface area contributed by atoms with Crippen molar-refractivity contribution in [3.63, 3.8) is 0 Å². The second-order valence-corrected chi connectivity index (χ2v) is 10.0. The standard InChI is InChI=1S/C28H28N6O/c1-18-11-12-27(26(13-18)34-30-22-7-3-4-8-23(22)31-34)35-17-21-19-14-33(15-20(19)21)16-28-29-24-9-5-6-10-25(24)32(28)2/h3-13,19-21H,14-17H2,1-2H3. The van der Waals surface area contributed by atoms with Crippen molar-refractivity contribution in [1.29, 1.82) is 0 Å². The summed E-state index contributed by atoms with van der Waals surface area (Å²) >= 11 is 0. The predicted molar refractivity (Wildman–Crippen MR) is 136 cm³/mol. The molecule has 176 valence electrons. The lowest BCUT2D eigenvalue weighted by Gasteiger charge is -2.19. The zero-order valence-corrected chi connectivity index (χ0v) is 20.0. The van der Waals surface area contributed by atoms with E-state index in [-0.39, 0.29) is 0 Å². The van der Waals surface area contributed by atoms with E-state index in [2.05, 4.69) is 76.1 Å². The van der Waals surface area contributed by atoms with E-state index >= 15 is 0 Å². The predicted octanol–water partition coefficient (Wildman–Crippen LogP) is 4.37. The van der Waals surface area contributed by atoms with E-state index in [1.54, 1.807) is 4.80 Å². The highest BCUT2D eigenvalue weighted by Crippen LogP contribution is 2.52. The number of imidazole rings is 1. The van der Waals surface area contributed by atoms with Crippen LogP contribution >= 0.6 is 0 Å². The van der Waals surface area contributed by atoms with Crippen LogP contribution in [0.3, 0.4) is 0 Å². The zero-order valence-electron chi connectivity index (χ0n) is 20.0. The third-order valence-corrected chi connectivity index (χ3v) is 7.74. The van der Waals surface area contributed by atoms with Crippen molar-refractivity contribution in [2.75, 3.05) is 19.7 Å². The summed E-state index contributed by atoms with van der Waals surface area (Å²) in [5.74, 6) is 4.03. The molecule has 2 aliphatic rings. The van der Waals surface area contributed by atoms with Crippen LogP contribution in [0.1, 0.15) is 11.4 Å². The van der Waals surface area contributed by atoms with E-state index < -0.39 is 0 Å². The van der Waals surface area contributed by atoms with E-state index in [4.69, 9.17) is 9.72 Å². The van der Waals surface area contributed by atoms with Gasteiger partial charge in [-0.25, -0.2) is 4.98 Å². The largest absolute Gasteiger partial charge is 0.491 e. The molecule has 0 bridgehead atoms. The number of fused-ring (bicyclic) bond motifs is 3. The normalized spacial score (nSPS) is 21.6. The first kappa shape index (κ1) is 20.6. The fraction of sp³-hybridized carbons (Fsp3) is 0.321. The molecular weight excluding hydrogens is 436 g/mol. The summed E-state index contributed by atoms with van der Waals surface area (Å²) in [6.45, 7) is 5.98. The van der Waals surface area contributed by atoms with E-state index in [0.717, 1.165) is 65.6 Å². The number of aromatic nitrogens is 5. The molecule has 2 aromatic heterocycles. The first-order valence-corrected chi connectivity index (χ1v) is 12.3. The number of para-hydroxylation sites is 2. The topological polar surface area (TPSA) is 61.0 Å². The number of hydrogen-bond acceptors (Lipinski definition) is 5. The van der Waals surface area contributed by atoms with Crippen LogP contribution in [0.15, 0.2) is 66.7 Å². The fourth-order valence-electron chi connectivity index (χ4n) is 5.71. The van der Waals surface area contributed by atoms with Gasteiger partial charge in [0.15, 0.2) is 0 Å². The maximum atomic E-state index is 6.38. The first-order chi connectivity index (χ1) is 17.1. The van der Waals surface area contributed by atoms with Crippen molar-refractivity contribution in [3.8, 4) is 11.4 Å². The molecule has 35 heavy (non-hydrogen) atoms. The van der Waals surface area contributed by atoms with Gasteiger partial charge in [0.2, 0.25) is 0 Å². The van der Waals surface area contributed by atoms with Gasteiger partial charge in [-0.3, -0.25) is 4.90 Å². The van der Waals surface area contributed by atoms with E-state index in [1.807, 2.05) is 24.3 Å². The highest BCUT2D eigenvalue weighted by molar-refractivity contribution is 5.75. The highest BCUT2D eigenvalue weighted by atomic mass is 16.5. The van der Waals surface area contributed by atoms with E-state index in [0.29, 0.717) is 17.8 Å². The lowest BCUT2D eigenvalue weighted by atomic mass is 10.2. The van der Waals surface area contributed by atoms with Crippen LogP contribution in [0.4, 0.5) is 0 Å². The number of ether oxygens (including phenoxy) is 1. The Morgan fingerprint density at radius 2 is 1.57 bits per heavy atom. The van der Waals surface area contributed by atoms with Crippen LogP contribution in [0.25, 0.3) is 27.8 Å². The van der Waals surface area contributed by atoms with Crippen molar-refractivity contribution in [3.05, 3.63) is 78.1 Å². The van der Waals surface area contributed by atoms with Gasteiger partial charge in [-0.15, -0.1) is 15.0 Å². The van der Waals surface area contributed by atoms with Crippen LogP contribution in [-0.4, -0.2) is 49.1 Å². The SMILES string of the molecule is Cc1ccc(OCC2C3CN(Cc4nc5ccccc5n4C)CC23)c(-n2nc3ccccc3n2)c1. The molecule has 0 spiro atoms. The molecule has 7 rings (SSSR count). The molecule has 2 atom stereocenters. The van der Waals surface area contributed by atoms with Crippen LogP contribution in [0, 0.1) is 24.7 Å². The molecule has 5 aromatic rings.